The Morgan fingerprint density at radius 3 is 2.79 bits per heavy atom. The second-order valence-electron chi connectivity index (χ2n) is 6.88. The van der Waals surface area contributed by atoms with Crippen molar-refractivity contribution in [3.63, 3.8) is 0 Å². The van der Waals surface area contributed by atoms with Crippen LogP contribution >= 0.6 is 0 Å². The number of aromatic nitrogens is 2. The molecule has 2 atom stereocenters. The second-order valence-corrected chi connectivity index (χ2v) is 6.88. The fourth-order valence-corrected chi connectivity index (χ4v) is 3.81. The molecule has 1 aromatic heterocycles. The van der Waals surface area contributed by atoms with Gasteiger partial charge in [0.2, 0.25) is 5.91 Å². The number of nitrogens with zero attached hydrogens (tertiary/aromatic N) is 3. The molecular weight excluding hydrogens is 374 g/mol. The molecule has 1 aromatic carbocycles. The first-order valence-electron chi connectivity index (χ1n) is 9.86. The van der Waals surface area contributed by atoms with Crippen LogP contribution in [-0.4, -0.2) is 65.5 Å². The third kappa shape index (κ3) is 4.54. The predicted octanol–water partition coefficient (Wildman–Crippen LogP) is 1.81. The summed E-state index contributed by atoms with van der Waals surface area (Å²) in [5.41, 5.74) is 0.839. The number of hydrogen-bond acceptors (Lipinski definition) is 6. The number of imidazole rings is 1. The Kier molecular flexibility index (Phi) is 7.11. The van der Waals surface area contributed by atoms with Crippen LogP contribution in [-0.2, 0) is 22.5 Å². The van der Waals surface area contributed by atoms with Crippen LogP contribution in [0.25, 0.3) is 0 Å². The molecule has 0 radical (unpaired) electrons. The number of amides is 1. The summed E-state index contributed by atoms with van der Waals surface area (Å²) >= 11 is 0. The molecule has 2 aromatic rings. The van der Waals surface area contributed by atoms with Crippen molar-refractivity contribution in [2.45, 2.75) is 38.5 Å². The first-order valence-corrected chi connectivity index (χ1v) is 9.86. The van der Waals surface area contributed by atoms with E-state index in [1.165, 1.54) is 0 Å². The Balaban J connectivity index is 1.82. The monoisotopic (exact) mass is 403 g/mol. The van der Waals surface area contributed by atoms with E-state index in [2.05, 4.69) is 4.98 Å². The number of methoxy groups -OCH3 is 2. The summed E-state index contributed by atoms with van der Waals surface area (Å²) in [7, 11) is 3.15. The second kappa shape index (κ2) is 9.76. The van der Waals surface area contributed by atoms with Crippen LogP contribution in [0.1, 0.15) is 30.8 Å². The van der Waals surface area contributed by atoms with Crippen LogP contribution in [0.4, 0.5) is 0 Å². The van der Waals surface area contributed by atoms with Gasteiger partial charge in [-0.25, -0.2) is 4.98 Å². The number of aryl methyl sites for hydroxylation is 2. The predicted molar refractivity (Wildman–Crippen MR) is 107 cm³/mol. The fraction of sp³-hybridized carbons (Fsp3) is 0.524. The molecule has 8 heteroatoms. The topological polar surface area (TPSA) is 86.1 Å². The minimum absolute atomic E-state index is 0.0160. The average molecular weight is 403 g/mol. The Bertz CT molecular complexity index is 822. The maximum Gasteiger partial charge on any atom is 0.225 e. The summed E-state index contributed by atoms with van der Waals surface area (Å²) < 4.78 is 18.5. The molecule has 1 fully saturated rings. The highest BCUT2D eigenvalue weighted by atomic mass is 16.5. The Hall–Kier alpha value is -2.58. The number of rotatable bonds is 8. The summed E-state index contributed by atoms with van der Waals surface area (Å²) in [5.74, 6) is 2.16. The number of carbonyl (C=O) groups excluding carboxylic acids is 1. The summed E-state index contributed by atoms with van der Waals surface area (Å²) in [4.78, 5) is 19.2. The lowest BCUT2D eigenvalue weighted by Crippen LogP contribution is -2.49. The van der Waals surface area contributed by atoms with Gasteiger partial charge >= 0.3 is 0 Å². The van der Waals surface area contributed by atoms with Gasteiger partial charge < -0.3 is 28.8 Å². The lowest BCUT2D eigenvalue weighted by Gasteiger charge is -2.41. The van der Waals surface area contributed by atoms with Crippen molar-refractivity contribution >= 4 is 5.91 Å². The van der Waals surface area contributed by atoms with Crippen LogP contribution in [0.3, 0.4) is 0 Å². The van der Waals surface area contributed by atoms with Crippen molar-refractivity contribution in [3.8, 4) is 11.5 Å². The molecule has 0 unspecified atom stereocenters. The van der Waals surface area contributed by atoms with Gasteiger partial charge in [-0.05, 0) is 17.7 Å². The van der Waals surface area contributed by atoms with Crippen molar-refractivity contribution in [3.05, 3.63) is 42.0 Å². The van der Waals surface area contributed by atoms with Crippen LogP contribution in [0, 0.1) is 0 Å². The smallest absolute Gasteiger partial charge is 0.225 e. The Labute approximate surface area is 171 Å². The molecule has 0 bridgehead atoms. The highest BCUT2D eigenvalue weighted by Gasteiger charge is 2.36. The molecule has 0 spiro atoms. The zero-order valence-corrected chi connectivity index (χ0v) is 17.2. The van der Waals surface area contributed by atoms with E-state index < -0.39 is 12.1 Å². The summed E-state index contributed by atoms with van der Waals surface area (Å²) in [6.45, 7) is 3.30. The van der Waals surface area contributed by atoms with Crippen LogP contribution in [0.2, 0.25) is 0 Å². The molecule has 8 nitrogen and oxygen atoms in total. The van der Waals surface area contributed by atoms with Crippen molar-refractivity contribution in [1.82, 2.24) is 14.5 Å². The quantitative estimate of drug-likeness (QED) is 0.724. The highest BCUT2D eigenvalue weighted by molar-refractivity contribution is 5.77. The van der Waals surface area contributed by atoms with Crippen LogP contribution in [0.5, 0.6) is 11.5 Å². The summed E-state index contributed by atoms with van der Waals surface area (Å²) in [5, 5.41) is 9.87. The van der Waals surface area contributed by atoms with Gasteiger partial charge in [-0.1, -0.05) is 13.0 Å². The van der Waals surface area contributed by atoms with Gasteiger partial charge in [0, 0.05) is 38.3 Å². The third-order valence-electron chi connectivity index (χ3n) is 5.29. The number of benzene rings is 1. The van der Waals surface area contributed by atoms with E-state index in [0.717, 1.165) is 17.8 Å². The zero-order chi connectivity index (χ0) is 20.8. The first-order chi connectivity index (χ1) is 14.1. The van der Waals surface area contributed by atoms with Crippen molar-refractivity contribution in [1.29, 1.82) is 0 Å². The SMILES string of the molecule is CCc1nccn1CCC(=O)N1CCO[C@H](CO)[C@H]1c1ccc(OC)c(OC)c1. The number of aliphatic hydroxyl groups excluding tert-OH is 1. The van der Waals surface area contributed by atoms with Gasteiger partial charge in [0.1, 0.15) is 11.9 Å². The van der Waals surface area contributed by atoms with Gasteiger partial charge in [-0.15, -0.1) is 0 Å². The largest absolute Gasteiger partial charge is 0.493 e. The number of ether oxygens (including phenoxy) is 3. The molecule has 29 heavy (non-hydrogen) atoms. The van der Waals surface area contributed by atoms with E-state index in [4.69, 9.17) is 14.2 Å². The van der Waals surface area contributed by atoms with E-state index >= 15 is 0 Å². The number of carbonyl (C=O) groups is 1. The van der Waals surface area contributed by atoms with E-state index in [1.54, 1.807) is 31.4 Å². The Morgan fingerprint density at radius 2 is 2.10 bits per heavy atom. The Morgan fingerprint density at radius 1 is 1.31 bits per heavy atom. The van der Waals surface area contributed by atoms with E-state index in [1.807, 2.05) is 29.8 Å². The van der Waals surface area contributed by atoms with Gasteiger partial charge in [0.25, 0.3) is 0 Å². The molecule has 1 amide bonds. The maximum absolute atomic E-state index is 13.1. The van der Waals surface area contributed by atoms with Gasteiger partial charge in [0.15, 0.2) is 11.5 Å². The highest BCUT2D eigenvalue weighted by Crippen LogP contribution is 2.36. The van der Waals surface area contributed by atoms with Crippen LogP contribution < -0.4 is 9.47 Å². The lowest BCUT2D eigenvalue weighted by molar-refractivity contribution is -0.150. The molecule has 1 aliphatic heterocycles. The molecule has 0 saturated carbocycles. The summed E-state index contributed by atoms with van der Waals surface area (Å²) in [6, 6.07) is 5.13. The lowest BCUT2D eigenvalue weighted by atomic mass is 9.97. The van der Waals surface area contributed by atoms with Gasteiger partial charge in [0.05, 0.1) is 33.5 Å². The molecule has 1 N–H and O–H groups in total. The molecule has 1 saturated heterocycles. The third-order valence-corrected chi connectivity index (χ3v) is 5.29. The van der Waals surface area contributed by atoms with E-state index in [9.17, 15) is 9.90 Å². The summed E-state index contributed by atoms with van der Waals surface area (Å²) in [6.07, 6.45) is 4.33. The standard InChI is InChI=1S/C21H29N3O5/c1-4-19-22-8-10-23(19)9-7-20(26)24-11-12-29-18(14-25)21(24)15-5-6-16(27-2)17(13-15)28-3/h5-6,8,10,13,18,21,25H,4,7,9,11-12,14H2,1-3H3/t18-,21-/m1/s1. The van der Waals surface area contributed by atoms with Gasteiger partial charge in [-0.2, -0.15) is 0 Å². The van der Waals surface area contributed by atoms with Crippen molar-refractivity contribution in [2.24, 2.45) is 0 Å². The molecule has 158 valence electrons. The zero-order valence-electron chi connectivity index (χ0n) is 17.2. The minimum atomic E-state index is -0.495. The number of hydrogen-bond donors (Lipinski definition) is 1. The molecule has 0 aliphatic carbocycles. The normalized spacial score (nSPS) is 19.2. The minimum Gasteiger partial charge on any atom is -0.493 e. The van der Waals surface area contributed by atoms with E-state index in [0.29, 0.717) is 37.6 Å². The molecule has 2 heterocycles. The van der Waals surface area contributed by atoms with Crippen molar-refractivity contribution in [2.75, 3.05) is 34.0 Å². The van der Waals surface area contributed by atoms with Gasteiger partial charge in [-0.3, -0.25) is 4.79 Å². The first kappa shape index (κ1) is 21.1. The van der Waals surface area contributed by atoms with Crippen LogP contribution in [0.15, 0.2) is 30.6 Å². The number of morpholine rings is 1. The fourth-order valence-electron chi connectivity index (χ4n) is 3.81. The van der Waals surface area contributed by atoms with E-state index in [-0.39, 0.29) is 12.5 Å². The maximum atomic E-state index is 13.1. The molecule has 1 aliphatic rings. The average Bonchev–Trinajstić information content (AvgIpc) is 3.23. The van der Waals surface area contributed by atoms with Crippen molar-refractivity contribution < 1.29 is 24.1 Å². The number of aliphatic hydroxyl groups is 1. The molecular formula is C21H29N3O5. The molecule has 3 rings (SSSR count).